The van der Waals surface area contributed by atoms with Crippen LogP contribution in [0.5, 0.6) is 0 Å². The summed E-state index contributed by atoms with van der Waals surface area (Å²) < 4.78 is 4.96. The van der Waals surface area contributed by atoms with Gasteiger partial charge in [-0.25, -0.2) is 0 Å². The van der Waals surface area contributed by atoms with Gasteiger partial charge in [0.25, 0.3) is 0 Å². The number of rotatable bonds is 9. The molecular formula is C11H25N3O. The highest BCUT2D eigenvalue weighted by atomic mass is 16.5. The molecule has 0 fully saturated rings. The highest BCUT2D eigenvalue weighted by molar-refractivity contribution is 5.77. The molecule has 0 radical (unpaired) electrons. The van der Waals surface area contributed by atoms with Gasteiger partial charge in [-0.2, -0.15) is 0 Å². The fraction of sp³-hybridized carbons (Fsp3) is 0.909. The van der Waals surface area contributed by atoms with Crippen LogP contribution in [-0.2, 0) is 4.74 Å². The molecule has 0 heterocycles. The van der Waals surface area contributed by atoms with Crippen molar-refractivity contribution >= 4 is 5.96 Å². The highest BCUT2D eigenvalue weighted by Gasteiger charge is 1.91. The van der Waals surface area contributed by atoms with Crippen molar-refractivity contribution in [3.63, 3.8) is 0 Å². The lowest BCUT2D eigenvalue weighted by Crippen LogP contribution is -2.32. The Bertz CT molecular complexity index is 160. The lowest BCUT2D eigenvalue weighted by atomic mass is 10.2. The molecule has 0 aliphatic carbocycles. The standard InChI is InChI=1S/C11H25N3O/c1-3-4-8-13-11(12)14-9-6-5-7-10-15-2/h3-10H2,1-2H3,(H3,12,13,14). The van der Waals surface area contributed by atoms with Gasteiger partial charge in [0.05, 0.1) is 0 Å². The van der Waals surface area contributed by atoms with Gasteiger partial charge in [-0.3, -0.25) is 4.99 Å². The van der Waals surface area contributed by atoms with E-state index in [1.807, 2.05) is 0 Å². The maximum Gasteiger partial charge on any atom is 0.188 e. The van der Waals surface area contributed by atoms with Crippen LogP contribution in [0.3, 0.4) is 0 Å². The molecular weight excluding hydrogens is 190 g/mol. The van der Waals surface area contributed by atoms with E-state index in [0.29, 0.717) is 5.96 Å². The van der Waals surface area contributed by atoms with Gasteiger partial charge in [0.15, 0.2) is 5.96 Å². The monoisotopic (exact) mass is 215 g/mol. The number of ether oxygens (including phenoxy) is 1. The third kappa shape index (κ3) is 11.2. The molecule has 0 saturated heterocycles. The molecule has 0 aromatic heterocycles. The van der Waals surface area contributed by atoms with E-state index in [1.165, 1.54) is 6.42 Å². The molecule has 4 nitrogen and oxygen atoms in total. The SMILES string of the molecule is CCCCNC(N)=NCCCCCOC. The zero-order valence-electron chi connectivity index (χ0n) is 10.1. The van der Waals surface area contributed by atoms with Crippen molar-refractivity contribution in [2.24, 2.45) is 10.7 Å². The second kappa shape index (κ2) is 11.3. The normalized spacial score (nSPS) is 11.7. The van der Waals surface area contributed by atoms with E-state index in [9.17, 15) is 0 Å². The zero-order valence-corrected chi connectivity index (χ0v) is 10.1. The highest BCUT2D eigenvalue weighted by Crippen LogP contribution is 1.95. The summed E-state index contributed by atoms with van der Waals surface area (Å²) in [6, 6.07) is 0. The number of hydrogen-bond acceptors (Lipinski definition) is 2. The quantitative estimate of drug-likeness (QED) is 0.348. The smallest absolute Gasteiger partial charge is 0.188 e. The average Bonchev–Trinajstić information content (AvgIpc) is 2.23. The number of hydrogen-bond donors (Lipinski definition) is 2. The molecule has 0 rings (SSSR count). The number of unbranched alkanes of at least 4 members (excludes halogenated alkanes) is 3. The number of guanidine groups is 1. The van der Waals surface area contributed by atoms with Crippen LogP contribution in [0.1, 0.15) is 39.0 Å². The fourth-order valence-corrected chi connectivity index (χ4v) is 1.18. The molecule has 0 bridgehead atoms. The Morgan fingerprint density at radius 3 is 2.73 bits per heavy atom. The maximum absolute atomic E-state index is 5.67. The number of aliphatic imine (C=N–C) groups is 1. The maximum atomic E-state index is 5.67. The summed E-state index contributed by atoms with van der Waals surface area (Å²) in [6.45, 7) is 4.74. The number of methoxy groups -OCH3 is 1. The molecule has 0 aliphatic heterocycles. The van der Waals surface area contributed by atoms with E-state index in [2.05, 4.69) is 17.2 Å². The molecule has 0 amide bonds. The average molecular weight is 215 g/mol. The van der Waals surface area contributed by atoms with E-state index in [0.717, 1.165) is 45.4 Å². The van der Waals surface area contributed by atoms with Crippen LogP contribution in [0.4, 0.5) is 0 Å². The first kappa shape index (κ1) is 14.2. The summed E-state index contributed by atoms with van der Waals surface area (Å²) in [5.74, 6) is 0.579. The van der Waals surface area contributed by atoms with Crippen molar-refractivity contribution in [2.45, 2.75) is 39.0 Å². The van der Waals surface area contributed by atoms with Gasteiger partial charge in [-0.05, 0) is 25.7 Å². The van der Waals surface area contributed by atoms with E-state index < -0.39 is 0 Å². The van der Waals surface area contributed by atoms with Gasteiger partial charge < -0.3 is 15.8 Å². The summed E-state index contributed by atoms with van der Waals surface area (Å²) in [7, 11) is 1.73. The predicted molar refractivity (Wildman–Crippen MR) is 65.1 cm³/mol. The first-order valence-corrected chi connectivity index (χ1v) is 5.84. The van der Waals surface area contributed by atoms with Crippen molar-refractivity contribution in [1.82, 2.24) is 5.32 Å². The Morgan fingerprint density at radius 1 is 1.27 bits per heavy atom. The van der Waals surface area contributed by atoms with Gasteiger partial charge in [-0.1, -0.05) is 13.3 Å². The molecule has 0 aromatic rings. The second-order valence-electron chi connectivity index (χ2n) is 3.60. The third-order valence-corrected chi connectivity index (χ3v) is 2.13. The first-order chi connectivity index (χ1) is 7.31. The molecule has 0 saturated carbocycles. The molecule has 3 N–H and O–H groups in total. The Hall–Kier alpha value is -0.770. The number of nitrogens with two attached hydrogens (primary N) is 1. The zero-order chi connectivity index (χ0) is 11.4. The molecule has 0 aliphatic rings. The van der Waals surface area contributed by atoms with Crippen molar-refractivity contribution in [3.8, 4) is 0 Å². The van der Waals surface area contributed by atoms with Crippen LogP contribution >= 0.6 is 0 Å². The van der Waals surface area contributed by atoms with Crippen molar-refractivity contribution in [3.05, 3.63) is 0 Å². The van der Waals surface area contributed by atoms with E-state index in [1.54, 1.807) is 7.11 Å². The summed E-state index contributed by atoms with van der Waals surface area (Å²) in [6.07, 6.45) is 5.66. The first-order valence-electron chi connectivity index (χ1n) is 5.84. The summed E-state index contributed by atoms with van der Waals surface area (Å²) in [5, 5.41) is 3.09. The molecule has 0 aromatic carbocycles. The molecule has 0 unspecified atom stereocenters. The minimum absolute atomic E-state index is 0.579. The van der Waals surface area contributed by atoms with E-state index >= 15 is 0 Å². The van der Waals surface area contributed by atoms with Gasteiger partial charge in [0, 0.05) is 26.8 Å². The fourth-order valence-electron chi connectivity index (χ4n) is 1.18. The van der Waals surface area contributed by atoms with E-state index in [-0.39, 0.29) is 0 Å². The van der Waals surface area contributed by atoms with Crippen LogP contribution in [0.25, 0.3) is 0 Å². The molecule has 0 atom stereocenters. The van der Waals surface area contributed by atoms with Crippen LogP contribution in [0.15, 0.2) is 4.99 Å². The number of nitrogens with zero attached hydrogens (tertiary/aromatic N) is 1. The molecule has 15 heavy (non-hydrogen) atoms. The molecule has 90 valence electrons. The Balaban J connectivity index is 3.25. The summed E-state index contributed by atoms with van der Waals surface area (Å²) in [5.41, 5.74) is 5.67. The van der Waals surface area contributed by atoms with Gasteiger partial charge in [0.2, 0.25) is 0 Å². The van der Waals surface area contributed by atoms with Crippen LogP contribution in [0, 0.1) is 0 Å². The molecule has 4 heteroatoms. The van der Waals surface area contributed by atoms with Crippen molar-refractivity contribution in [2.75, 3.05) is 26.8 Å². The van der Waals surface area contributed by atoms with Crippen molar-refractivity contribution in [1.29, 1.82) is 0 Å². The second-order valence-corrected chi connectivity index (χ2v) is 3.60. The lowest BCUT2D eigenvalue weighted by Gasteiger charge is -2.04. The van der Waals surface area contributed by atoms with E-state index in [4.69, 9.17) is 10.5 Å². The Morgan fingerprint density at radius 2 is 2.07 bits per heavy atom. The Labute approximate surface area is 93.3 Å². The van der Waals surface area contributed by atoms with Crippen LogP contribution in [-0.4, -0.2) is 32.8 Å². The number of nitrogens with one attached hydrogen (secondary N) is 1. The van der Waals surface area contributed by atoms with Crippen LogP contribution < -0.4 is 11.1 Å². The Kier molecular flexibility index (Phi) is 10.7. The lowest BCUT2D eigenvalue weighted by molar-refractivity contribution is 0.192. The predicted octanol–water partition coefficient (Wildman–Crippen LogP) is 1.51. The topological polar surface area (TPSA) is 59.6 Å². The summed E-state index contributed by atoms with van der Waals surface area (Å²) in [4.78, 5) is 4.24. The minimum Gasteiger partial charge on any atom is -0.385 e. The van der Waals surface area contributed by atoms with Crippen molar-refractivity contribution < 1.29 is 4.74 Å². The molecule has 0 spiro atoms. The van der Waals surface area contributed by atoms with Gasteiger partial charge >= 0.3 is 0 Å². The van der Waals surface area contributed by atoms with Crippen LogP contribution in [0.2, 0.25) is 0 Å². The largest absolute Gasteiger partial charge is 0.385 e. The van der Waals surface area contributed by atoms with Gasteiger partial charge in [0.1, 0.15) is 0 Å². The summed E-state index contributed by atoms with van der Waals surface area (Å²) >= 11 is 0. The van der Waals surface area contributed by atoms with Gasteiger partial charge in [-0.15, -0.1) is 0 Å². The minimum atomic E-state index is 0.579. The third-order valence-electron chi connectivity index (χ3n) is 2.13.